The Balaban J connectivity index is 0. The van der Waals surface area contributed by atoms with Crippen molar-refractivity contribution in [2.45, 2.75) is 425 Å². The number of quaternary nitrogens is 2. The molecule has 0 aliphatic heterocycles. The lowest BCUT2D eigenvalue weighted by molar-refractivity contribution is -0.373. The Morgan fingerprint density at radius 1 is 0.284 bits per heavy atom. The molecule has 102 heavy (non-hydrogen) atoms. The van der Waals surface area contributed by atoms with E-state index in [-0.39, 0.29) is 71.2 Å². The van der Waals surface area contributed by atoms with Gasteiger partial charge in [-0.1, -0.05) is 335 Å². The Hall–Kier alpha value is -2.50. The van der Waals surface area contributed by atoms with Crippen LogP contribution in [0.2, 0.25) is 0 Å². The Kier molecular flexibility index (Phi) is 80.7. The average Bonchev–Trinajstić information content (AvgIpc) is 0.947. The van der Waals surface area contributed by atoms with E-state index in [2.05, 4.69) is 63.5 Å². The number of allylic oxidation sites excluding steroid dienone is 4. The molecule has 0 saturated heterocycles. The molecule has 0 aliphatic rings. The molecule has 18 nitrogen and oxygen atoms in total. The number of carbonyl (C=O) groups excluding carboxylic acids is 4. The SMILES string of the molecule is CCCCCCCC/C=C\CCCCCCCC(=O)OC[C@H](COP(=O)([O-])OCC[NH3+])OC(=O)CCCCCCC/C=C\CCCCCCCC.CCCCCCCCCCCCCCCCCC(=O)OC[C@H](COP(=O)([O-])OCC[NH3+])OC(=O)CCCCCCCCCCCCCCCCC. The normalized spacial score (nSPS) is 13.4. The maximum absolute atomic E-state index is 12.6. The molecular formula is C82H160N2O16P2. The van der Waals surface area contributed by atoms with E-state index in [1.165, 1.54) is 244 Å². The van der Waals surface area contributed by atoms with Crippen LogP contribution in [0.5, 0.6) is 0 Å². The van der Waals surface area contributed by atoms with E-state index in [1.807, 2.05) is 0 Å². The third-order valence-electron chi connectivity index (χ3n) is 18.3. The van der Waals surface area contributed by atoms with Gasteiger partial charge in [0.05, 0.1) is 26.3 Å². The first kappa shape index (κ1) is 102. The first-order valence-corrected chi connectivity index (χ1v) is 45.4. The standard InChI is InChI=1S/C41H82NO8P.C41H78NO8P/c2*1-3-5-7-9-11-13-15-17-19-21-23-25-27-29-31-33-40(43)47-37-39(38-49-51(45,46)48-36-35-42)50-41(44)34-32-30-28-26-24-22-20-18-16-14-12-10-8-6-4-2/h39H,3-38,42H2,1-2H3,(H,45,46);17-20,39H,3-16,21-38,42H2,1-2H3,(H,45,46)/b;19-17-,20-18-/t2*39-/m11/s1. The van der Waals surface area contributed by atoms with E-state index in [9.17, 15) is 38.1 Å². The number of esters is 4. The van der Waals surface area contributed by atoms with Crippen molar-refractivity contribution in [3.8, 4) is 0 Å². The summed E-state index contributed by atoms with van der Waals surface area (Å²) in [4.78, 5) is 73.9. The molecular weight excluding hydrogens is 1330 g/mol. The molecule has 0 aromatic rings. The summed E-state index contributed by atoms with van der Waals surface area (Å²) in [6, 6.07) is 0. The third kappa shape index (κ3) is 81.6. The first-order valence-electron chi connectivity index (χ1n) is 42.5. The van der Waals surface area contributed by atoms with Crippen LogP contribution in [0, 0.1) is 0 Å². The number of hydrogen-bond donors (Lipinski definition) is 2. The molecule has 0 saturated carbocycles. The summed E-state index contributed by atoms with van der Waals surface area (Å²) in [5.41, 5.74) is 7.10. The molecule has 6 N–H and O–H groups in total. The van der Waals surface area contributed by atoms with Gasteiger partial charge in [0.15, 0.2) is 12.2 Å². The fourth-order valence-electron chi connectivity index (χ4n) is 12.0. The maximum atomic E-state index is 12.6. The quantitative estimate of drug-likeness (QED) is 0.0188. The molecule has 0 heterocycles. The zero-order valence-electron chi connectivity index (χ0n) is 66.4. The minimum Gasteiger partial charge on any atom is -0.756 e. The van der Waals surface area contributed by atoms with E-state index < -0.39 is 59.0 Å². The lowest BCUT2D eigenvalue weighted by Crippen LogP contribution is -2.52. The van der Waals surface area contributed by atoms with E-state index in [1.54, 1.807) is 0 Å². The number of carbonyl (C=O) groups is 4. The fraction of sp³-hybridized carbons (Fsp3) is 0.902. The van der Waals surface area contributed by atoms with Gasteiger partial charge >= 0.3 is 23.9 Å². The average molecular weight is 1490 g/mol. The van der Waals surface area contributed by atoms with Crippen molar-refractivity contribution >= 4 is 39.5 Å². The van der Waals surface area contributed by atoms with E-state index in [0.29, 0.717) is 12.8 Å². The number of rotatable bonds is 80. The molecule has 20 heteroatoms. The number of unbranched alkanes of at least 4 members (excludes halogenated alkanes) is 50. The topological polar surface area (TPSA) is 278 Å². The molecule has 4 atom stereocenters. The van der Waals surface area contributed by atoms with Gasteiger partial charge in [-0.25, -0.2) is 0 Å². The fourth-order valence-corrected chi connectivity index (χ4v) is 13.5. The van der Waals surface area contributed by atoms with Crippen LogP contribution < -0.4 is 21.3 Å². The molecule has 0 rings (SSSR count). The molecule has 2 unspecified atom stereocenters. The van der Waals surface area contributed by atoms with Crippen LogP contribution >= 0.6 is 15.6 Å². The highest BCUT2D eigenvalue weighted by molar-refractivity contribution is 7.46. The van der Waals surface area contributed by atoms with Crippen LogP contribution in [0.3, 0.4) is 0 Å². The highest BCUT2D eigenvalue weighted by Gasteiger charge is 2.23. The van der Waals surface area contributed by atoms with Crippen LogP contribution in [-0.4, -0.2) is 88.8 Å². The second kappa shape index (κ2) is 81.0. The number of hydrogen-bond acceptors (Lipinski definition) is 16. The summed E-state index contributed by atoms with van der Waals surface area (Å²) < 4.78 is 65.0. The summed E-state index contributed by atoms with van der Waals surface area (Å²) in [5, 5.41) is 0. The molecule has 0 bridgehead atoms. The van der Waals surface area contributed by atoms with Crippen LogP contribution in [0.15, 0.2) is 24.3 Å². The summed E-state index contributed by atoms with van der Waals surface area (Å²) in [6.07, 6.45) is 75.9. The second-order valence-electron chi connectivity index (χ2n) is 28.5. The van der Waals surface area contributed by atoms with Gasteiger partial charge in [-0.2, -0.15) is 0 Å². The van der Waals surface area contributed by atoms with E-state index >= 15 is 0 Å². The first-order chi connectivity index (χ1) is 49.7. The van der Waals surface area contributed by atoms with Crippen molar-refractivity contribution in [3.05, 3.63) is 24.3 Å². The Morgan fingerprint density at radius 2 is 0.480 bits per heavy atom. The van der Waals surface area contributed by atoms with Gasteiger partial charge in [0.25, 0.3) is 15.6 Å². The molecule has 0 aromatic carbocycles. The predicted molar refractivity (Wildman–Crippen MR) is 414 cm³/mol. The van der Waals surface area contributed by atoms with Gasteiger partial charge in [0.2, 0.25) is 0 Å². The number of phosphoric ester groups is 2. The lowest BCUT2D eigenvalue weighted by Gasteiger charge is -2.25. The van der Waals surface area contributed by atoms with E-state index in [0.717, 1.165) is 103 Å². The monoisotopic (exact) mass is 1490 g/mol. The minimum atomic E-state index is -4.58. The zero-order valence-corrected chi connectivity index (χ0v) is 68.2. The molecule has 604 valence electrons. The molecule has 0 spiro atoms. The molecule has 0 radical (unpaired) electrons. The molecule has 0 fully saturated rings. The zero-order chi connectivity index (χ0) is 75.0. The third-order valence-corrected chi connectivity index (χ3v) is 20.3. The second-order valence-corrected chi connectivity index (χ2v) is 31.3. The van der Waals surface area contributed by atoms with Gasteiger partial charge in [-0.3, -0.25) is 28.3 Å². The summed E-state index contributed by atoms with van der Waals surface area (Å²) in [6.45, 7) is 7.88. The van der Waals surface area contributed by atoms with Crippen molar-refractivity contribution in [1.82, 2.24) is 0 Å². The van der Waals surface area contributed by atoms with Gasteiger partial charge in [0, 0.05) is 25.7 Å². The molecule has 0 amide bonds. The minimum absolute atomic E-state index is 0.0985. The van der Waals surface area contributed by atoms with Crippen molar-refractivity contribution in [3.63, 3.8) is 0 Å². The van der Waals surface area contributed by atoms with Gasteiger partial charge < -0.3 is 58.3 Å². The van der Waals surface area contributed by atoms with E-state index in [4.69, 9.17) is 37.0 Å². The van der Waals surface area contributed by atoms with Gasteiger partial charge in [0.1, 0.15) is 26.4 Å². The largest absolute Gasteiger partial charge is 0.756 e. The van der Waals surface area contributed by atoms with Crippen molar-refractivity contribution < 1.29 is 86.6 Å². The summed E-state index contributed by atoms with van der Waals surface area (Å²) >= 11 is 0. The lowest BCUT2D eigenvalue weighted by atomic mass is 10.0. The highest BCUT2D eigenvalue weighted by atomic mass is 31.2. The van der Waals surface area contributed by atoms with Gasteiger partial charge in [-0.05, 0) is 77.0 Å². The maximum Gasteiger partial charge on any atom is 0.306 e. The van der Waals surface area contributed by atoms with Crippen LogP contribution in [-0.2, 0) is 65.4 Å². The smallest absolute Gasteiger partial charge is 0.306 e. The Labute approximate surface area is 625 Å². The van der Waals surface area contributed by atoms with Crippen LogP contribution in [0.25, 0.3) is 0 Å². The summed E-state index contributed by atoms with van der Waals surface area (Å²) in [7, 11) is -9.16. The Bertz CT molecular complexity index is 1980. The van der Waals surface area contributed by atoms with Gasteiger partial charge in [-0.15, -0.1) is 0 Å². The number of phosphoric acid groups is 2. The van der Waals surface area contributed by atoms with Crippen LogP contribution in [0.4, 0.5) is 0 Å². The predicted octanol–water partition coefficient (Wildman–Crippen LogP) is 21.0. The van der Waals surface area contributed by atoms with Crippen LogP contribution in [0.1, 0.15) is 413 Å². The Morgan fingerprint density at radius 3 is 0.696 bits per heavy atom. The van der Waals surface area contributed by atoms with Crippen molar-refractivity contribution in [2.75, 3.05) is 52.7 Å². The van der Waals surface area contributed by atoms with Crippen molar-refractivity contribution in [1.29, 1.82) is 0 Å². The van der Waals surface area contributed by atoms with Crippen molar-refractivity contribution in [2.24, 2.45) is 0 Å². The molecule has 0 aliphatic carbocycles. The molecule has 0 aromatic heterocycles. The summed E-state index contributed by atoms with van der Waals surface area (Å²) in [5.74, 6) is -1.69. The number of ether oxygens (including phenoxy) is 4. The highest BCUT2D eigenvalue weighted by Crippen LogP contribution is 2.39.